The summed E-state index contributed by atoms with van der Waals surface area (Å²) in [7, 11) is 0. The summed E-state index contributed by atoms with van der Waals surface area (Å²) in [6.45, 7) is 4.15. The normalized spacial score (nSPS) is 13.4. The zero-order chi connectivity index (χ0) is 10.0. The maximum absolute atomic E-state index is 5.96. The first-order valence-corrected chi connectivity index (χ1v) is 4.98. The monoisotopic (exact) mass is 217 g/mol. The highest BCUT2D eigenvalue weighted by Crippen LogP contribution is 2.27. The summed E-state index contributed by atoms with van der Waals surface area (Å²) in [6, 6.07) is 5.55. The maximum atomic E-state index is 5.96. The van der Waals surface area contributed by atoms with Gasteiger partial charge in [0, 0.05) is 6.04 Å². The van der Waals surface area contributed by atoms with Gasteiger partial charge in [0.1, 0.15) is 0 Å². The molecule has 3 heteroatoms. The number of rotatable bonds is 2. The molecule has 0 saturated carbocycles. The van der Waals surface area contributed by atoms with Crippen LogP contribution < -0.4 is 5.73 Å². The van der Waals surface area contributed by atoms with Crippen LogP contribution in [0.1, 0.15) is 25.5 Å². The summed E-state index contributed by atoms with van der Waals surface area (Å²) >= 11 is 11.7. The standard InChI is InChI=1S/C10H13Cl2N/c1-6(2)10(13)7-3-4-8(11)9(12)5-7/h3-6,10H,13H2,1-2H3/t10-/m0/s1. The Labute approximate surface area is 88.8 Å². The molecule has 0 unspecified atom stereocenters. The molecule has 1 nitrogen and oxygen atoms in total. The van der Waals surface area contributed by atoms with E-state index in [1.54, 1.807) is 6.07 Å². The molecule has 2 N–H and O–H groups in total. The predicted octanol–water partition coefficient (Wildman–Crippen LogP) is 3.65. The van der Waals surface area contributed by atoms with Gasteiger partial charge in [0.15, 0.2) is 0 Å². The van der Waals surface area contributed by atoms with E-state index in [-0.39, 0.29) is 6.04 Å². The zero-order valence-corrected chi connectivity index (χ0v) is 9.23. The number of benzene rings is 1. The lowest BCUT2D eigenvalue weighted by Gasteiger charge is -2.16. The molecule has 1 aromatic rings. The zero-order valence-electron chi connectivity index (χ0n) is 7.72. The first kappa shape index (κ1) is 10.8. The van der Waals surface area contributed by atoms with E-state index in [1.165, 1.54) is 0 Å². The molecule has 72 valence electrons. The Hall–Kier alpha value is -0.240. The molecule has 13 heavy (non-hydrogen) atoms. The molecule has 0 saturated heterocycles. The molecule has 0 amide bonds. The fourth-order valence-corrected chi connectivity index (χ4v) is 1.41. The quantitative estimate of drug-likeness (QED) is 0.805. The highest BCUT2D eigenvalue weighted by atomic mass is 35.5. The SMILES string of the molecule is CC(C)[C@H](N)c1ccc(Cl)c(Cl)c1. The fourth-order valence-electron chi connectivity index (χ4n) is 1.10. The van der Waals surface area contributed by atoms with Crippen molar-refractivity contribution in [2.75, 3.05) is 0 Å². The van der Waals surface area contributed by atoms with Gasteiger partial charge in [-0.05, 0) is 23.6 Å². The minimum atomic E-state index is 0.0229. The van der Waals surface area contributed by atoms with Gasteiger partial charge in [0.05, 0.1) is 10.0 Å². The van der Waals surface area contributed by atoms with E-state index in [2.05, 4.69) is 13.8 Å². The summed E-state index contributed by atoms with van der Waals surface area (Å²) in [5, 5.41) is 1.14. The van der Waals surface area contributed by atoms with E-state index in [9.17, 15) is 0 Å². The minimum Gasteiger partial charge on any atom is -0.324 e. The molecular weight excluding hydrogens is 205 g/mol. The van der Waals surface area contributed by atoms with Crippen molar-refractivity contribution < 1.29 is 0 Å². The minimum absolute atomic E-state index is 0.0229. The summed E-state index contributed by atoms with van der Waals surface area (Å²) in [6.07, 6.45) is 0. The van der Waals surface area contributed by atoms with Gasteiger partial charge in [0.25, 0.3) is 0 Å². The van der Waals surface area contributed by atoms with Crippen molar-refractivity contribution in [3.05, 3.63) is 33.8 Å². The van der Waals surface area contributed by atoms with Gasteiger partial charge in [-0.1, -0.05) is 43.1 Å². The second-order valence-corrected chi connectivity index (χ2v) is 4.26. The Kier molecular flexibility index (Phi) is 3.60. The molecule has 0 heterocycles. The Balaban J connectivity index is 2.97. The van der Waals surface area contributed by atoms with Crippen molar-refractivity contribution in [2.45, 2.75) is 19.9 Å². The highest BCUT2D eigenvalue weighted by Gasteiger charge is 2.11. The van der Waals surface area contributed by atoms with Crippen molar-refractivity contribution in [1.82, 2.24) is 0 Å². The Morgan fingerprint density at radius 3 is 2.23 bits per heavy atom. The lowest BCUT2D eigenvalue weighted by molar-refractivity contribution is 0.514. The second kappa shape index (κ2) is 4.32. The van der Waals surface area contributed by atoms with Crippen LogP contribution in [0.2, 0.25) is 10.0 Å². The lowest BCUT2D eigenvalue weighted by atomic mass is 9.97. The Morgan fingerprint density at radius 1 is 1.15 bits per heavy atom. The van der Waals surface area contributed by atoms with Crippen LogP contribution in [0.15, 0.2) is 18.2 Å². The third-order valence-corrected chi connectivity index (χ3v) is 2.79. The first-order valence-electron chi connectivity index (χ1n) is 4.23. The van der Waals surface area contributed by atoms with Gasteiger partial charge in [-0.3, -0.25) is 0 Å². The van der Waals surface area contributed by atoms with E-state index in [0.29, 0.717) is 16.0 Å². The molecule has 0 aliphatic heterocycles. The average molecular weight is 218 g/mol. The Bertz CT molecular complexity index is 297. The molecule has 0 radical (unpaired) electrons. The van der Waals surface area contributed by atoms with Crippen LogP contribution in [0.4, 0.5) is 0 Å². The molecule has 0 fully saturated rings. The first-order chi connectivity index (χ1) is 6.02. The number of halogens is 2. The number of nitrogens with two attached hydrogens (primary N) is 1. The van der Waals surface area contributed by atoms with Crippen molar-refractivity contribution in [3.8, 4) is 0 Å². The van der Waals surface area contributed by atoms with Crippen molar-refractivity contribution in [2.24, 2.45) is 11.7 Å². The van der Waals surface area contributed by atoms with Crippen LogP contribution >= 0.6 is 23.2 Å². The van der Waals surface area contributed by atoms with Gasteiger partial charge in [-0.15, -0.1) is 0 Å². The van der Waals surface area contributed by atoms with Gasteiger partial charge < -0.3 is 5.73 Å². The lowest BCUT2D eigenvalue weighted by Crippen LogP contribution is -2.16. The third-order valence-electron chi connectivity index (χ3n) is 2.05. The molecular formula is C10H13Cl2N. The van der Waals surface area contributed by atoms with Crippen molar-refractivity contribution in [1.29, 1.82) is 0 Å². The molecule has 0 spiro atoms. The molecule has 0 aliphatic carbocycles. The van der Waals surface area contributed by atoms with Crippen LogP contribution in [0.5, 0.6) is 0 Å². The van der Waals surface area contributed by atoms with Gasteiger partial charge in [-0.2, -0.15) is 0 Å². The van der Waals surface area contributed by atoms with E-state index in [4.69, 9.17) is 28.9 Å². The fraction of sp³-hybridized carbons (Fsp3) is 0.400. The van der Waals surface area contributed by atoms with Gasteiger partial charge >= 0.3 is 0 Å². The van der Waals surface area contributed by atoms with Crippen LogP contribution in [0.25, 0.3) is 0 Å². The number of hydrogen-bond acceptors (Lipinski definition) is 1. The molecule has 1 atom stereocenters. The average Bonchev–Trinajstić information content (AvgIpc) is 2.08. The molecule has 1 aromatic carbocycles. The largest absolute Gasteiger partial charge is 0.324 e. The van der Waals surface area contributed by atoms with E-state index in [0.717, 1.165) is 5.56 Å². The third kappa shape index (κ3) is 2.60. The summed E-state index contributed by atoms with van der Waals surface area (Å²) < 4.78 is 0. The topological polar surface area (TPSA) is 26.0 Å². The second-order valence-electron chi connectivity index (χ2n) is 3.44. The summed E-state index contributed by atoms with van der Waals surface area (Å²) in [5.74, 6) is 0.400. The van der Waals surface area contributed by atoms with Crippen molar-refractivity contribution in [3.63, 3.8) is 0 Å². The molecule has 0 bridgehead atoms. The van der Waals surface area contributed by atoms with Crippen LogP contribution in [-0.4, -0.2) is 0 Å². The highest BCUT2D eigenvalue weighted by molar-refractivity contribution is 6.42. The summed E-state index contributed by atoms with van der Waals surface area (Å²) in [5.41, 5.74) is 6.99. The van der Waals surface area contributed by atoms with Gasteiger partial charge in [0.2, 0.25) is 0 Å². The summed E-state index contributed by atoms with van der Waals surface area (Å²) in [4.78, 5) is 0. The van der Waals surface area contributed by atoms with Crippen LogP contribution in [-0.2, 0) is 0 Å². The van der Waals surface area contributed by atoms with Crippen molar-refractivity contribution >= 4 is 23.2 Å². The van der Waals surface area contributed by atoms with Crippen LogP contribution in [0.3, 0.4) is 0 Å². The Morgan fingerprint density at radius 2 is 1.77 bits per heavy atom. The van der Waals surface area contributed by atoms with E-state index in [1.807, 2.05) is 12.1 Å². The molecule has 0 aliphatic rings. The van der Waals surface area contributed by atoms with E-state index < -0.39 is 0 Å². The van der Waals surface area contributed by atoms with Crippen LogP contribution in [0, 0.1) is 5.92 Å². The molecule has 0 aromatic heterocycles. The smallest absolute Gasteiger partial charge is 0.0595 e. The predicted molar refractivity (Wildman–Crippen MR) is 58.2 cm³/mol. The van der Waals surface area contributed by atoms with Gasteiger partial charge in [-0.25, -0.2) is 0 Å². The molecule has 1 rings (SSSR count). The maximum Gasteiger partial charge on any atom is 0.0595 e. The number of hydrogen-bond donors (Lipinski definition) is 1. The van der Waals surface area contributed by atoms with E-state index >= 15 is 0 Å².